The highest BCUT2D eigenvalue weighted by Gasteiger charge is 2.54. The summed E-state index contributed by atoms with van der Waals surface area (Å²) in [6.07, 6.45) is 3.24. The summed E-state index contributed by atoms with van der Waals surface area (Å²) in [5, 5.41) is 0.611. The van der Waals surface area contributed by atoms with Gasteiger partial charge in [-0.2, -0.15) is 0 Å². The van der Waals surface area contributed by atoms with Crippen molar-refractivity contribution in [3.63, 3.8) is 0 Å². The minimum absolute atomic E-state index is 0.284. The Morgan fingerprint density at radius 2 is 1.77 bits per heavy atom. The standard InChI is InChI=1S/C16H9BBr2Cl2F2N2O/c1-26-16-9(20)6-8(7-10(16)21)15-11-2-4-13(18)24(11)17(22,23)25-12(15)3-5-14(25)19/h2-7H,1H3. The van der Waals surface area contributed by atoms with Crippen molar-refractivity contribution in [2.75, 3.05) is 7.11 Å². The Morgan fingerprint density at radius 3 is 2.38 bits per heavy atom. The van der Waals surface area contributed by atoms with Crippen molar-refractivity contribution in [2.24, 2.45) is 0 Å². The molecule has 0 N–H and O–H groups in total. The molecule has 0 aliphatic carbocycles. The van der Waals surface area contributed by atoms with Crippen LogP contribution in [0.3, 0.4) is 0 Å². The second-order valence-electron chi connectivity index (χ2n) is 5.76. The Balaban J connectivity index is 2.08. The van der Waals surface area contributed by atoms with Gasteiger partial charge in [-0.25, -0.2) is 0 Å². The van der Waals surface area contributed by atoms with E-state index in [1.807, 2.05) is 0 Å². The number of methoxy groups -OCH3 is 1. The van der Waals surface area contributed by atoms with E-state index in [4.69, 9.17) is 27.9 Å². The predicted octanol–water partition coefficient (Wildman–Crippen LogP) is 5.94. The molecule has 1 aromatic heterocycles. The van der Waals surface area contributed by atoms with Crippen LogP contribution in [0.4, 0.5) is 8.63 Å². The molecule has 0 amide bonds. The van der Waals surface area contributed by atoms with Gasteiger partial charge in [-0.05, 0) is 45.8 Å². The van der Waals surface area contributed by atoms with Crippen molar-refractivity contribution in [1.29, 1.82) is 0 Å². The van der Waals surface area contributed by atoms with Crippen LogP contribution in [-0.4, -0.2) is 27.7 Å². The zero-order chi connectivity index (χ0) is 18.8. The lowest BCUT2D eigenvalue weighted by Crippen LogP contribution is -2.50. The normalized spacial score (nSPS) is 17.7. The number of halogens is 6. The van der Waals surface area contributed by atoms with E-state index in [0.717, 1.165) is 8.96 Å². The molecule has 0 atom stereocenters. The van der Waals surface area contributed by atoms with E-state index >= 15 is 8.63 Å². The number of allylic oxidation sites excluding steroid dienone is 2. The third kappa shape index (κ3) is 2.46. The Labute approximate surface area is 174 Å². The predicted molar refractivity (Wildman–Crippen MR) is 108 cm³/mol. The number of rotatable bonds is 2. The van der Waals surface area contributed by atoms with Crippen molar-refractivity contribution in [3.8, 4) is 5.75 Å². The van der Waals surface area contributed by atoms with Crippen molar-refractivity contribution >= 4 is 72.2 Å². The minimum Gasteiger partial charge on any atom is -0.494 e. The highest BCUT2D eigenvalue weighted by Crippen LogP contribution is 2.44. The first-order valence-electron chi connectivity index (χ1n) is 7.44. The van der Waals surface area contributed by atoms with Gasteiger partial charge in [0.1, 0.15) is 0 Å². The van der Waals surface area contributed by atoms with Crippen molar-refractivity contribution < 1.29 is 17.9 Å². The van der Waals surface area contributed by atoms with Gasteiger partial charge < -0.3 is 22.3 Å². The average Bonchev–Trinajstić information content (AvgIpc) is 3.12. The van der Waals surface area contributed by atoms with Crippen LogP contribution in [0.15, 0.2) is 46.7 Å². The molecule has 0 unspecified atom stereocenters. The fourth-order valence-electron chi connectivity index (χ4n) is 3.33. The summed E-state index contributed by atoms with van der Waals surface area (Å²) in [6, 6.07) is 6.56. The Morgan fingerprint density at radius 1 is 1.12 bits per heavy atom. The highest BCUT2D eigenvalue weighted by molar-refractivity contribution is 9.18. The first-order chi connectivity index (χ1) is 12.3. The van der Waals surface area contributed by atoms with Gasteiger partial charge in [0.05, 0.1) is 27.3 Å². The van der Waals surface area contributed by atoms with E-state index in [9.17, 15) is 0 Å². The maximum absolute atomic E-state index is 15.2. The Kier molecular flexibility index (Phi) is 4.38. The molecule has 4 rings (SSSR count). The average molecular weight is 525 g/mol. The number of benzene rings is 1. The summed E-state index contributed by atoms with van der Waals surface area (Å²) in [4.78, 5) is 0. The Hall–Kier alpha value is -1.09. The van der Waals surface area contributed by atoms with Gasteiger partial charge in [0, 0.05) is 33.8 Å². The molecule has 3 heterocycles. The molecule has 1 aromatic carbocycles. The maximum atomic E-state index is 15.2. The van der Waals surface area contributed by atoms with E-state index < -0.39 is 6.97 Å². The number of hydrogen-bond acceptors (Lipinski definition) is 1. The number of aromatic nitrogens is 1. The van der Waals surface area contributed by atoms with Gasteiger partial charge in [0.15, 0.2) is 11.4 Å². The lowest BCUT2D eigenvalue weighted by molar-refractivity contribution is -0.358. The monoisotopic (exact) mass is 522 g/mol. The van der Waals surface area contributed by atoms with Gasteiger partial charge in [-0.15, -0.1) is 0 Å². The van der Waals surface area contributed by atoms with Crippen molar-refractivity contribution in [2.45, 2.75) is 0 Å². The van der Waals surface area contributed by atoms with Crippen LogP contribution in [0.2, 0.25) is 10.0 Å². The molecule has 0 radical (unpaired) electrons. The molecule has 2 aliphatic heterocycles. The third-order valence-corrected chi connectivity index (χ3v) is 6.22. The zero-order valence-corrected chi connectivity index (χ0v) is 17.8. The van der Waals surface area contributed by atoms with Crippen molar-refractivity contribution in [3.05, 3.63) is 68.0 Å². The summed E-state index contributed by atoms with van der Waals surface area (Å²) in [6.45, 7) is -4.06. The van der Waals surface area contributed by atoms with Crippen LogP contribution in [0.25, 0.3) is 5.57 Å². The van der Waals surface area contributed by atoms with Crippen LogP contribution in [0.5, 0.6) is 5.75 Å². The first-order valence-corrected chi connectivity index (χ1v) is 9.78. The molecule has 0 bridgehead atoms. The van der Waals surface area contributed by atoms with E-state index in [1.54, 1.807) is 36.4 Å². The Bertz CT molecular complexity index is 1040. The van der Waals surface area contributed by atoms with Gasteiger partial charge >= 0.3 is 6.97 Å². The molecule has 0 spiro atoms. The SMILES string of the molecule is COc1c(Cl)cc(C2=C3C=CC(Br)=[N+]3[B-](F)(F)n3c(Br)ccc32)cc1Cl. The minimum atomic E-state index is -4.06. The molecule has 2 aromatic rings. The summed E-state index contributed by atoms with van der Waals surface area (Å²) in [7, 11) is 1.47. The summed E-state index contributed by atoms with van der Waals surface area (Å²) >= 11 is 19.0. The number of ether oxygens (including phenoxy) is 1. The fraction of sp³-hybridized carbons (Fsp3) is 0.0625. The van der Waals surface area contributed by atoms with Crippen LogP contribution in [0.1, 0.15) is 11.3 Å². The van der Waals surface area contributed by atoms with Crippen LogP contribution >= 0.6 is 55.1 Å². The lowest BCUT2D eigenvalue weighted by atomic mass is 9.86. The largest absolute Gasteiger partial charge is 0.738 e. The van der Waals surface area contributed by atoms with Crippen LogP contribution in [-0.2, 0) is 0 Å². The number of nitrogens with zero attached hydrogens (tertiary/aromatic N) is 2. The summed E-state index contributed by atoms with van der Waals surface area (Å²) in [5.41, 5.74) is 1.96. The molecule has 134 valence electrons. The van der Waals surface area contributed by atoms with Gasteiger partial charge in [-0.1, -0.05) is 23.2 Å². The lowest BCUT2D eigenvalue weighted by Gasteiger charge is -2.32. The molecule has 0 saturated heterocycles. The first kappa shape index (κ1) is 18.3. The smallest absolute Gasteiger partial charge is 0.494 e. The highest BCUT2D eigenvalue weighted by atomic mass is 79.9. The van der Waals surface area contributed by atoms with Gasteiger partial charge in [0.25, 0.3) is 0 Å². The topological polar surface area (TPSA) is 17.2 Å². The van der Waals surface area contributed by atoms with E-state index in [2.05, 4.69) is 31.9 Å². The zero-order valence-electron chi connectivity index (χ0n) is 13.1. The maximum Gasteiger partial charge on any atom is 0.738 e. The van der Waals surface area contributed by atoms with E-state index in [-0.39, 0.29) is 9.22 Å². The second-order valence-corrected chi connectivity index (χ2v) is 8.20. The van der Waals surface area contributed by atoms with Gasteiger partial charge in [-0.3, -0.25) is 0 Å². The van der Waals surface area contributed by atoms with Crippen molar-refractivity contribution in [1.82, 2.24) is 4.48 Å². The molecule has 3 nitrogen and oxygen atoms in total. The molecular formula is C16H9BBr2Cl2F2N2O. The van der Waals surface area contributed by atoms with Crippen LogP contribution < -0.4 is 4.74 Å². The second kappa shape index (κ2) is 6.22. The molecular weight excluding hydrogens is 516 g/mol. The number of hydrogen-bond donors (Lipinski definition) is 0. The fourth-order valence-corrected chi connectivity index (χ4v) is 5.11. The quantitative estimate of drug-likeness (QED) is 0.445. The molecule has 0 fully saturated rings. The van der Waals surface area contributed by atoms with Gasteiger partial charge in [0.2, 0.25) is 4.62 Å². The molecule has 26 heavy (non-hydrogen) atoms. The molecule has 10 heteroatoms. The number of fused-ring (bicyclic) bond motifs is 2. The van der Waals surface area contributed by atoms with E-state index in [1.165, 1.54) is 7.11 Å². The summed E-state index contributed by atoms with van der Waals surface area (Å²) < 4.78 is 38.1. The molecule has 2 aliphatic rings. The van der Waals surface area contributed by atoms with Crippen LogP contribution in [0, 0.1) is 0 Å². The molecule has 0 saturated carbocycles. The van der Waals surface area contributed by atoms with E-state index in [0.29, 0.717) is 38.3 Å². The summed E-state index contributed by atoms with van der Waals surface area (Å²) in [5.74, 6) is 0.344. The third-order valence-electron chi connectivity index (χ3n) is 4.36.